The molecule has 1 saturated heterocycles. The summed E-state index contributed by atoms with van der Waals surface area (Å²) in [6.07, 6.45) is 0.505. The van der Waals surface area contributed by atoms with Gasteiger partial charge in [-0.15, -0.1) is 0 Å². The lowest BCUT2D eigenvalue weighted by Gasteiger charge is -2.35. The van der Waals surface area contributed by atoms with Crippen LogP contribution in [0.15, 0.2) is 5.11 Å². The molecule has 0 aromatic carbocycles. The Labute approximate surface area is 102 Å². The molecule has 0 radical (unpaired) electrons. The van der Waals surface area contributed by atoms with Crippen LogP contribution in [0.4, 0.5) is 4.79 Å². The van der Waals surface area contributed by atoms with E-state index in [-0.39, 0.29) is 12.1 Å². The molecule has 0 unspecified atom stereocenters. The fraction of sp³-hybridized carbons (Fsp3) is 0.909. The molecule has 2 atom stereocenters. The number of carbonyl (C=O) groups is 1. The second kappa shape index (κ2) is 5.27. The third-order valence-electron chi connectivity index (χ3n) is 2.77. The second-order valence-corrected chi connectivity index (χ2v) is 5.46. The van der Waals surface area contributed by atoms with Gasteiger partial charge in [-0.3, -0.25) is 0 Å². The molecule has 96 valence electrons. The van der Waals surface area contributed by atoms with Crippen molar-refractivity contribution >= 4 is 6.09 Å². The Morgan fingerprint density at radius 3 is 2.71 bits per heavy atom. The Hall–Kier alpha value is -1.42. The third kappa shape index (κ3) is 4.15. The Balaban J connectivity index is 2.61. The van der Waals surface area contributed by atoms with Crippen LogP contribution in [0.3, 0.4) is 0 Å². The number of ether oxygens (including phenoxy) is 1. The van der Waals surface area contributed by atoms with Crippen molar-refractivity contribution in [3.8, 4) is 0 Å². The van der Waals surface area contributed by atoms with Crippen LogP contribution in [0.5, 0.6) is 0 Å². The van der Waals surface area contributed by atoms with E-state index in [4.69, 9.17) is 10.3 Å². The first-order valence-electron chi connectivity index (χ1n) is 5.85. The normalized spacial score (nSPS) is 25.1. The maximum Gasteiger partial charge on any atom is 0.410 e. The molecule has 6 nitrogen and oxygen atoms in total. The maximum atomic E-state index is 11.8. The van der Waals surface area contributed by atoms with Gasteiger partial charge in [-0.1, -0.05) is 12.0 Å². The second-order valence-electron chi connectivity index (χ2n) is 5.46. The molecule has 1 heterocycles. The lowest BCUT2D eigenvalue weighted by Crippen LogP contribution is -2.46. The molecule has 0 bridgehead atoms. The molecular formula is C11H20N4O2. The van der Waals surface area contributed by atoms with Gasteiger partial charge < -0.3 is 9.64 Å². The maximum absolute atomic E-state index is 11.8. The molecule has 1 aliphatic rings. The number of nitrogens with zero attached hydrogens (tertiary/aromatic N) is 4. The quantitative estimate of drug-likeness (QED) is 0.401. The molecule has 1 fully saturated rings. The van der Waals surface area contributed by atoms with E-state index in [1.54, 1.807) is 4.90 Å². The summed E-state index contributed by atoms with van der Waals surface area (Å²) in [4.78, 5) is 16.3. The van der Waals surface area contributed by atoms with E-state index < -0.39 is 5.60 Å². The zero-order valence-electron chi connectivity index (χ0n) is 10.9. The highest BCUT2D eigenvalue weighted by Crippen LogP contribution is 2.21. The minimum absolute atomic E-state index is 0.152. The standard InChI is InChI=1S/C11H20N4O2/c1-8-5-6-15(7-9(8)13-14-12)10(16)17-11(2,3)4/h8-9H,5-7H2,1-4H3/t8-,9+/m1/s1. The van der Waals surface area contributed by atoms with E-state index in [9.17, 15) is 4.79 Å². The zero-order valence-corrected chi connectivity index (χ0v) is 10.9. The van der Waals surface area contributed by atoms with Gasteiger partial charge in [0.2, 0.25) is 0 Å². The van der Waals surface area contributed by atoms with Gasteiger partial charge in [0.25, 0.3) is 0 Å². The van der Waals surface area contributed by atoms with E-state index in [2.05, 4.69) is 10.0 Å². The van der Waals surface area contributed by atoms with Crippen molar-refractivity contribution in [2.24, 2.45) is 11.0 Å². The van der Waals surface area contributed by atoms with Crippen molar-refractivity contribution in [2.45, 2.75) is 45.8 Å². The van der Waals surface area contributed by atoms with Gasteiger partial charge in [-0.05, 0) is 38.6 Å². The Morgan fingerprint density at radius 2 is 2.18 bits per heavy atom. The molecular weight excluding hydrogens is 220 g/mol. The Kier molecular flexibility index (Phi) is 4.23. The van der Waals surface area contributed by atoms with Crippen LogP contribution < -0.4 is 0 Å². The fourth-order valence-electron chi connectivity index (χ4n) is 1.76. The van der Waals surface area contributed by atoms with Crippen molar-refractivity contribution in [3.63, 3.8) is 0 Å². The number of piperidine rings is 1. The summed E-state index contributed by atoms with van der Waals surface area (Å²) in [6.45, 7) is 8.65. The number of hydrogen-bond donors (Lipinski definition) is 0. The van der Waals surface area contributed by atoms with Crippen molar-refractivity contribution in [2.75, 3.05) is 13.1 Å². The SMILES string of the molecule is C[C@@H]1CCN(C(=O)OC(C)(C)C)C[C@@H]1N=[N+]=[N-]. The smallest absolute Gasteiger partial charge is 0.410 e. The van der Waals surface area contributed by atoms with Crippen LogP contribution in [0.25, 0.3) is 10.4 Å². The third-order valence-corrected chi connectivity index (χ3v) is 2.77. The first kappa shape index (κ1) is 13.6. The molecule has 0 aliphatic carbocycles. The molecule has 17 heavy (non-hydrogen) atoms. The first-order chi connectivity index (χ1) is 7.83. The summed E-state index contributed by atoms with van der Waals surface area (Å²) < 4.78 is 5.29. The van der Waals surface area contributed by atoms with Crippen molar-refractivity contribution in [3.05, 3.63) is 10.4 Å². The van der Waals surface area contributed by atoms with Crippen LogP contribution >= 0.6 is 0 Å². The monoisotopic (exact) mass is 240 g/mol. The number of likely N-dealkylation sites (tertiary alicyclic amines) is 1. The highest BCUT2D eigenvalue weighted by molar-refractivity contribution is 5.68. The molecule has 0 saturated carbocycles. The average Bonchev–Trinajstić information content (AvgIpc) is 2.19. The summed E-state index contributed by atoms with van der Waals surface area (Å²) in [7, 11) is 0. The predicted octanol–water partition coefficient (Wildman–Crippen LogP) is 2.94. The number of carbonyl (C=O) groups excluding carboxylic acids is 1. The molecule has 1 rings (SSSR count). The number of azide groups is 1. The van der Waals surface area contributed by atoms with Gasteiger partial charge in [0.15, 0.2) is 0 Å². The van der Waals surface area contributed by atoms with Gasteiger partial charge in [0.1, 0.15) is 5.60 Å². The average molecular weight is 240 g/mol. The van der Waals surface area contributed by atoms with Gasteiger partial charge in [-0.2, -0.15) is 0 Å². The highest BCUT2D eigenvalue weighted by atomic mass is 16.6. The largest absolute Gasteiger partial charge is 0.444 e. The van der Waals surface area contributed by atoms with E-state index in [1.807, 2.05) is 27.7 Å². The predicted molar refractivity (Wildman–Crippen MR) is 64.5 cm³/mol. The van der Waals surface area contributed by atoms with Crippen LogP contribution in [0.1, 0.15) is 34.1 Å². The number of amides is 1. The first-order valence-corrected chi connectivity index (χ1v) is 5.85. The van der Waals surface area contributed by atoms with E-state index in [0.717, 1.165) is 6.42 Å². The Morgan fingerprint density at radius 1 is 1.53 bits per heavy atom. The number of hydrogen-bond acceptors (Lipinski definition) is 3. The van der Waals surface area contributed by atoms with E-state index in [0.29, 0.717) is 19.0 Å². The van der Waals surface area contributed by atoms with Crippen molar-refractivity contribution < 1.29 is 9.53 Å². The fourth-order valence-corrected chi connectivity index (χ4v) is 1.76. The van der Waals surface area contributed by atoms with Crippen LogP contribution in [0.2, 0.25) is 0 Å². The summed E-state index contributed by atoms with van der Waals surface area (Å²) in [6, 6.07) is -0.152. The molecule has 6 heteroatoms. The Bertz CT molecular complexity index is 331. The highest BCUT2D eigenvalue weighted by Gasteiger charge is 2.30. The van der Waals surface area contributed by atoms with Crippen LogP contribution in [0, 0.1) is 5.92 Å². The molecule has 0 aromatic heterocycles. The summed E-state index contributed by atoms with van der Waals surface area (Å²) in [5.41, 5.74) is 7.98. The minimum Gasteiger partial charge on any atom is -0.444 e. The molecule has 1 aliphatic heterocycles. The van der Waals surface area contributed by atoms with Gasteiger partial charge in [0, 0.05) is 18.0 Å². The molecule has 0 spiro atoms. The topological polar surface area (TPSA) is 78.3 Å². The zero-order chi connectivity index (χ0) is 13.1. The lowest BCUT2D eigenvalue weighted by molar-refractivity contribution is 0.0168. The van der Waals surface area contributed by atoms with E-state index in [1.165, 1.54) is 0 Å². The lowest BCUT2D eigenvalue weighted by atomic mass is 9.94. The van der Waals surface area contributed by atoms with Crippen LogP contribution in [-0.4, -0.2) is 35.7 Å². The molecule has 1 amide bonds. The summed E-state index contributed by atoms with van der Waals surface area (Å²) in [5.74, 6) is 0.310. The summed E-state index contributed by atoms with van der Waals surface area (Å²) in [5, 5.41) is 3.72. The van der Waals surface area contributed by atoms with E-state index >= 15 is 0 Å². The van der Waals surface area contributed by atoms with Crippen molar-refractivity contribution in [1.29, 1.82) is 0 Å². The van der Waals surface area contributed by atoms with Gasteiger partial charge in [0.05, 0.1) is 6.04 Å². The summed E-state index contributed by atoms with van der Waals surface area (Å²) >= 11 is 0. The van der Waals surface area contributed by atoms with Gasteiger partial charge in [-0.25, -0.2) is 4.79 Å². The number of rotatable bonds is 1. The molecule has 0 aromatic rings. The molecule has 0 N–H and O–H groups in total. The van der Waals surface area contributed by atoms with Gasteiger partial charge >= 0.3 is 6.09 Å². The van der Waals surface area contributed by atoms with Crippen molar-refractivity contribution in [1.82, 2.24) is 4.90 Å². The minimum atomic E-state index is -0.492. The van der Waals surface area contributed by atoms with Crippen LogP contribution in [-0.2, 0) is 4.74 Å².